The smallest absolute Gasteiger partial charge is 0.423 e. The molecule has 0 fully saturated rings. The summed E-state index contributed by atoms with van der Waals surface area (Å²) in [6, 6.07) is 0.891. The summed E-state index contributed by atoms with van der Waals surface area (Å²) in [6.45, 7) is 0. The van der Waals surface area contributed by atoms with Gasteiger partial charge in [-0.2, -0.15) is 13.2 Å². The summed E-state index contributed by atoms with van der Waals surface area (Å²) in [5.74, 6) is -1.47. The van der Waals surface area contributed by atoms with E-state index in [2.05, 4.69) is 15.9 Å². The minimum absolute atomic E-state index is 0.136. The predicted octanol–water partition coefficient (Wildman–Crippen LogP) is 1.29. The second-order valence-corrected chi connectivity index (χ2v) is 3.58. The molecule has 0 spiro atoms. The van der Waals surface area contributed by atoms with Gasteiger partial charge in [0, 0.05) is 4.47 Å². The molecule has 0 radical (unpaired) electrons. The molecule has 0 unspecified atom stereocenters. The Morgan fingerprint density at radius 2 is 1.73 bits per heavy atom. The first-order valence-electron chi connectivity index (χ1n) is 3.65. The standard InChI is InChI=1S/C7H4BBrF4O2/c9-5-2-6(10)3(7(11,12)13)1-4(5)8(14)15/h1-2,14-15H. The largest absolute Gasteiger partial charge is 0.489 e. The summed E-state index contributed by atoms with van der Waals surface area (Å²) >= 11 is 2.72. The number of hydrogen-bond acceptors (Lipinski definition) is 2. The Bertz CT molecular complexity index is 380. The van der Waals surface area contributed by atoms with Crippen LogP contribution in [0.3, 0.4) is 0 Å². The van der Waals surface area contributed by atoms with Gasteiger partial charge in [-0.15, -0.1) is 0 Å². The van der Waals surface area contributed by atoms with Gasteiger partial charge in [-0.3, -0.25) is 0 Å². The molecule has 0 heterocycles. The lowest BCUT2D eigenvalue weighted by molar-refractivity contribution is -0.139. The summed E-state index contributed by atoms with van der Waals surface area (Å²) in [5.41, 5.74) is -1.97. The molecule has 15 heavy (non-hydrogen) atoms. The Kier molecular flexibility index (Phi) is 3.42. The average Bonchev–Trinajstić information content (AvgIpc) is 2.00. The number of rotatable bonds is 1. The van der Waals surface area contributed by atoms with Crippen LogP contribution in [0.1, 0.15) is 5.56 Å². The first-order chi connectivity index (χ1) is 6.73. The van der Waals surface area contributed by atoms with Gasteiger partial charge in [0.25, 0.3) is 0 Å². The quantitative estimate of drug-likeness (QED) is 0.603. The van der Waals surface area contributed by atoms with Gasteiger partial charge in [0.15, 0.2) is 0 Å². The van der Waals surface area contributed by atoms with E-state index in [1.807, 2.05) is 0 Å². The van der Waals surface area contributed by atoms with E-state index in [1.54, 1.807) is 0 Å². The Morgan fingerprint density at radius 1 is 1.20 bits per heavy atom. The van der Waals surface area contributed by atoms with Crippen molar-refractivity contribution < 1.29 is 27.6 Å². The van der Waals surface area contributed by atoms with Crippen LogP contribution < -0.4 is 5.46 Å². The molecule has 0 saturated heterocycles. The van der Waals surface area contributed by atoms with E-state index < -0.39 is 30.1 Å². The Balaban J connectivity index is 3.37. The van der Waals surface area contributed by atoms with Crippen molar-refractivity contribution >= 4 is 28.5 Å². The Hall–Kier alpha value is -0.595. The van der Waals surface area contributed by atoms with E-state index in [0.717, 1.165) is 0 Å². The molecule has 0 aromatic heterocycles. The van der Waals surface area contributed by atoms with Crippen molar-refractivity contribution in [1.82, 2.24) is 0 Å². The highest BCUT2D eigenvalue weighted by molar-refractivity contribution is 9.10. The molecule has 8 heteroatoms. The van der Waals surface area contributed by atoms with Crippen LogP contribution in [0.15, 0.2) is 16.6 Å². The maximum Gasteiger partial charge on any atom is 0.489 e. The topological polar surface area (TPSA) is 40.5 Å². The molecule has 0 amide bonds. The third-order valence-electron chi connectivity index (χ3n) is 1.67. The second kappa shape index (κ2) is 4.11. The molecule has 1 aromatic rings. The SMILES string of the molecule is OB(O)c1cc(C(F)(F)F)c(F)cc1Br. The molecule has 0 aliphatic rings. The molecule has 82 valence electrons. The van der Waals surface area contributed by atoms with Crippen molar-refractivity contribution in [2.75, 3.05) is 0 Å². The fourth-order valence-electron chi connectivity index (χ4n) is 0.981. The first-order valence-corrected chi connectivity index (χ1v) is 4.45. The fourth-order valence-corrected chi connectivity index (χ4v) is 1.50. The zero-order valence-electron chi connectivity index (χ0n) is 7.02. The molecule has 0 bridgehead atoms. The monoisotopic (exact) mass is 286 g/mol. The van der Waals surface area contributed by atoms with Crippen LogP contribution in [0, 0.1) is 5.82 Å². The van der Waals surface area contributed by atoms with E-state index in [4.69, 9.17) is 10.0 Å². The minimum atomic E-state index is -4.87. The predicted molar refractivity (Wildman–Crippen MR) is 48.9 cm³/mol. The van der Waals surface area contributed by atoms with E-state index in [1.165, 1.54) is 0 Å². The summed E-state index contributed by atoms with van der Waals surface area (Å²) < 4.78 is 49.4. The van der Waals surface area contributed by atoms with Crippen molar-refractivity contribution in [1.29, 1.82) is 0 Å². The fraction of sp³-hybridized carbons (Fsp3) is 0.143. The molecule has 1 aromatic carbocycles. The third-order valence-corrected chi connectivity index (χ3v) is 2.36. The van der Waals surface area contributed by atoms with Crippen LogP contribution >= 0.6 is 15.9 Å². The molecule has 0 aliphatic heterocycles. The summed E-state index contributed by atoms with van der Waals surface area (Å²) in [5, 5.41) is 17.4. The number of halogens is 5. The molecular weight excluding hydrogens is 283 g/mol. The summed E-state index contributed by atoms with van der Waals surface area (Å²) in [6.07, 6.45) is -4.87. The van der Waals surface area contributed by atoms with Crippen LogP contribution in [-0.2, 0) is 6.18 Å². The van der Waals surface area contributed by atoms with E-state index in [9.17, 15) is 17.6 Å². The van der Waals surface area contributed by atoms with Gasteiger partial charge in [0.1, 0.15) is 5.82 Å². The normalized spacial score (nSPS) is 11.7. The third kappa shape index (κ3) is 2.70. The van der Waals surface area contributed by atoms with Gasteiger partial charge in [0.05, 0.1) is 5.56 Å². The summed E-state index contributed by atoms with van der Waals surface area (Å²) in [7, 11) is -2.10. The second-order valence-electron chi connectivity index (χ2n) is 2.72. The highest BCUT2D eigenvalue weighted by atomic mass is 79.9. The van der Waals surface area contributed by atoms with Gasteiger partial charge < -0.3 is 10.0 Å². The lowest BCUT2D eigenvalue weighted by Crippen LogP contribution is -2.32. The number of hydrogen-bond donors (Lipinski definition) is 2. The molecule has 2 N–H and O–H groups in total. The average molecular weight is 287 g/mol. The van der Waals surface area contributed by atoms with Crippen LogP contribution in [-0.4, -0.2) is 17.2 Å². The van der Waals surface area contributed by atoms with E-state index in [0.29, 0.717) is 12.1 Å². The highest BCUT2D eigenvalue weighted by Gasteiger charge is 2.35. The zero-order chi connectivity index (χ0) is 11.8. The number of benzene rings is 1. The molecule has 1 rings (SSSR count). The molecular formula is C7H4BBrF4O2. The van der Waals surface area contributed by atoms with E-state index in [-0.39, 0.29) is 4.47 Å². The maximum atomic E-state index is 12.9. The lowest BCUT2D eigenvalue weighted by Gasteiger charge is -2.11. The van der Waals surface area contributed by atoms with Gasteiger partial charge in [-0.05, 0) is 17.6 Å². The van der Waals surface area contributed by atoms with Crippen LogP contribution in [0.25, 0.3) is 0 Å². The molecule has 2 nitrogen and oxygen atoms in total. The molecule has 0 aliphatic carbocycles. The van der Waals surface area contributed by atoms with Crippen molar-refractivity contribution in [2.45, 2.75) is 6.18 Å². The van der Waals surface area contributed by atoms with Crippen LogP contribution in [0.5, 0.6) is 0 Å². The Labute approximate surface area is 90.8 Å². The van der Waals surface area contributed by atoms with E-state index >= 15 is 0 Å². The highest BCUT2D eigenvalue weighted by Crippen LogP contribution is 2.31. The van der Waals surface area contributed by atoms with Gasteiger partial charge in [-0.25, -0.2) is 4.39 Å². The van der Waals surface area contributed by atoms with Gasteiger partial charge in [0.2, 0.25) is 0 Å². The van der Waals surface area contributed by atoms with Crippen LogP contribution in [0.2, 0.25) is 0 Å². The van der Waals surface area contributed by atoms with Crippen molar-refractivity contribution in [2.24, 2.45) is 0 Å². The van der Waals surface area contributed by atoms with Crippen molar-refractivity contribution in [3.63, 3.8) is 0 Å². The maximum absolute atomic E-state index is 12.9. The van der Waals surface area contributed by atoms with Gasteiger partial charge in [-0.1, -0.05) is 15.9 Å². The summed E-state index contributed by atoms with van der Waals surface area (Å²) in [4.78, 5) is 0. The van der Waals surface area contributed by atoms with Crippen molar-refractivity contribution in [3.8, 4) is 0 Å². The molecule has 0 saturated carbocycles. The van der Waals surface area contributed by atoms with Gasteiger partial charge >= 0.3 is 13.3 Å². The Morgan fingerprint density at radius 3 is 2.13 bits per heavy atom. The molecule has 0 atom stereocenters. The van der Waals surface area contributed by atoms with Crippen LogP contribution in [0.4, 0.5) is 17.6 Å². The zero-order valence-corrected chi connectivity index (χ0v) is 8.60. The van der Waals surface area contributed by atoms with Crippen molar-refractivity contribution in [3.05, 3.63) is 28.0 Å². The lowest BCUT2D eigenvalue weighted by atomic mass is 9.79. The first kappa shape index (κ1) is 12.5. The number of alkyl halides is 3. The minimum Gasteiger partial charge on any atom is -0.423 e.